The van der Waals surface area contributed by atoms with Gasteiger partial charge in [-0.3, -0.25) is 4.98 Å². The van der Waals surface area contributed by atoms with Crippen LogP contribution >= 0.6 is 0 Å². The maximum absolute atomic E-state index is 11.5. The summed E-state index contributed by atoms with van der Waals surface area (Å²) >= 11 is 0. The fourth-order valence-electron chi connectivity index (χ4n) is 1.13. The first-order chi connectivity index (χ1) is 6.36. The molecule has 14 heavy (non-hydrogen) atoms. The van der Waals surface area contributed by atoms with Crippen molar-refractivity contribution >= 4 is 5.95 Å². The zero-order valence-corrected chi connectivity index (χ0v) is 8.71. The second-order valence-corrected chi connectivity index (χ2v) is 3.93. The van der Waals surface area contributed by atoms with E-state index in [1.807, 2.05) is 0 Å². The predicted octanol–water partition coefficient (Wildman–Crippen LogP) is -0.272. The molecule has 0 radical (unpaired) electrons. The highest BCUT2D eigenvalue weighted by molar-refractivity contribution is 5.18. The SMILES string of the molecule is CNc1nc(=O)n(C(C)(C)C)c(=O)[nH]1. The first kappa shape index (κ1) is 10.5. The van der Waals surface area contributed by atoms with Crippen LogP contribution < -0.4 is 16.7 Å². The zero-order chi connectivity index (χ0) is 10.9. The quantitative estimate of drug-likeness (QED) is 0.651. The van der Waals surface area contributed by atoms with Crippen LogP contribution in [-0.4, -0.2) is 21.6 Å². The van der Waals surface area contributed by atoms with E-state index in [1.165, 1.54) is 0 Å². The van der Waals surface area contributed by atoms with Crippen LogP contribution in [0.5, 0.6) is 0 Å². The van der Waals surface area contributed by atoms with Crippen LogP contribution in [0.3, 0.4) is 0 Å². The standard InChI is InChI=1S/C8H14N4O2/c1-8(2,3)12-6(13)10-5(9-4)11-7(12)14/h1-4H3,(H2,9,10,11,13,14). The minimum atomic E-state index is -0.566. The summed E-state index contributed by atoms with van der Waals surface area (Å²) in [5.41, 5.74) is -1.57. The van der Waals surface area contributed by atoms with Gasteiger partial charge in [0.2, 0.25) is 5.95 Å². The summed E-state index contributed by atoms with van der Waals surface area (Å²) in [4.78, 5) is 29.1. The fourth-order valence-corrected chi connectivity index (χ4v) is 1.13. The molecule has 1 aromatic heterocycles. The molecule has 0 fully saturated rings. The van der Waals surface area contributed by atoms with Crippen LogP contribution in [0.4, 0.5) is 5.95 Å². The van der Waals surface area contributed by atoms with E-state index >= 15 is 0 Å². The Morgan fingerprint density at radius 3 is 2.29 bits per heavy atom. The topological polar surface area (TPSA) is 79.8 Å². The van der Waals surface area contributed by atoms with Crippen molar-refractivity contribution in [3.05, 3.63) is 21.0 Å². The van der Waals surface area contributed by atoms with E-state index in [4.69, 9.17) is 0 Å². The number of rotatable bonds is 1. The summed E-state index contributed by atoms with van der Waals surface area (Å²) in [6.07, 6.45) is 0. The summed E-state index contributed by atoms with van der Waals surface area (Å²) in [7, 11) is 1.58. The number of anilines is 1. The smallest absolute Gasteiger partial charge is 0.355 e. The van der Waals surface area contributed by atoms with E-state index in [2.05, 4.69) is 15.3 Å². The fraction of sp³-hybridized carbons (Fsp3) is 0.625. The Labute approximate surface area is 81.0 Å². The molecule has 0 amide bonds. The number of H-pyrrole nitrogens is 1. The lowest BCUT2D eigenvalue weighted by Crippen LogP contribution is -2.46. The third-order valence-corrected chi connectivity index (χ3v) is 1.73. The molecule has 6 nitrogen and oxygen atoms in total. The van der Waals surface area contributed by atoms with Gasteiger partial charge in [-0.2, -0.15) is 4.98 Å². The summed E-state index contributed by atoms with van der Waals surface area (Å²) in [5.74, 6) is 0.181. The summed E-state index contributed by atoms with van der Waals surface area (Å²) in [6.45, 7) is 5.30. The Kier molecular flexibility index (Phi) is 2.46. The number of nitrogens with zero attached hydrogens (tertiary/aromatic N) is 2. The van der Waals surface area contributed by atoms with Crippen molar-refractivity contribution in [3.63, 3.8) is 0 Å². The number of nitrogens with one attached hydrogen (secondary N) is 2. The van der Waals surface area contributed by atoms with Crippen molar-refractivity contribution in [3.8, 4) is 0 Å². The minimum Gasteiger partial charge on any atom is -0.359 e. The van der Waals surface area contributed by atoms with Crippen LogP contribution in [-0.2, 0) is 5.54 Å². The Morgan fingerprint density at radius 2 is 1.93 bits per heavy atom. The average Bonchev–Trinajstić information content (AvgIpc) is 1.99. The van der Waals surface area contributed by atoms with Crippen molar-refractivity contribution in [2.75, 3.05) is 12.4 Å². The molecule has 2 N–H and O–H groups in total. The molecule has 0 aliphatic carbocycles. The lowest BCUT2D eigenvalue weighted by atomic mass is 10.1. The third-order valence-electron chi connectivity index (χ3n) is 1.73. The van der Waals surface area contributed by atoms with Gasteiger partial charge in [0.05, 0.1) is 0 Å². The molecule has 0 unspecified atom stereocenters. The van der Waals surface area contributed by atoms with Crippen LogP contribution in [0.2, 0.25) is 0 Å². The van der Waals surface area contributed by atoms with Gasteiger partial charge in [-0.05, 0) is 20.8 Å². The first-order valence-corrected chi connectivity index (χ1v) is 4.28. The van der Waals surface area contributed by atoms with Crippen LogP contribution in [0.25, 0.3) is 0 Å². The van der Waals surface area contributed by atoms with Gasteiger partial charge in [-0.25, -0.2) is 14.2 Å². The molecular formula is C8H14N4O2. The minimum absolute atomic E-state index is 0.181. The molecular weight excluding hydrogens is 184 g/mol. The molecule has 1 heterocycles. The molecule has 0 saturated carbocycles. The molecule has 78 valence electrons. The molecule has 0 atom stereocenters. The Balaban J connectivity index is 3.49. The summed E-state index contributed by atoms with van der Waals surface area (Å²) in [6, 6.07) is 0. The number of aromatic amines is 1. The van der Waals surface area contributed by atoms with Crippen LogP contribution in [0, 0.1) is 0 Å². The maximum atomic E-state index is 11.5. The lowest BCUT2D eigenvalue weighted by Gasteiger charge is -2.19. The lowest BCUT2D eigenvalue weighted by molar-refractivity contribution is 0.359. The summed E-state index contributed by atoms with van der Waals surface area (Å²) in [5, 5.41) is 2.61. The Morgan fingerprint density at radius 1 is 1.36 bits per heavy atom. The van der Waals surface area contributed by atoms with E-state index in [-0.39, 0.29) is 5.95 Å². The van der Waals surface area contributed by atoms with Crippen molar-refractivity contribution in [2.24, 2.45) is 0 Å². The van der Waals surface area contributed by atoms with Gasteiger partial charge in [0.25, 0.3) is 0 Å². The van der Waals surface area contributed by atoms with Crippen LogP contribution in [0.1, 0.15) is 20.8 Å². The molecule has 0 aliphatic rings. The van der Waals surface area contributed by atoms with Crippen molar-refractivity contribution < 1.29 is 0 Å². The van der Waals surface area contributed by atoms with Crippen molar-refractivity contribution in [1.29, 1.82) is 0 Å². The van der Waals surface area contributed by atoms with Crippen molar-refractivity contribution in [2.45, 2.75) is 26.3 Å². The zero-order valence-electron chi connectivity index (χ0n) is 8.71. The normalized spacial score (nSPS) is 11.4. The number of hydrogen-bond donors (Lipinski definition) is 2. The van der Waals surface area contributed by atoms with Gasteiger partial charge >= 0.3 is 11.4 Å². The third kappa shape index (κ3) is 1.84. The van der Waals surface area contributed by atoms with Gasteiger partial charge in [0.15, 0.2) is 0 Å². The van der Waals surface area contributed by atoms with Gasteiger partial charge in [-0.1, -0.05) is 0 Å². The predicted molar refractivity (Wildman–Crippen MR) is 53.7 cm³/mol. The highest BCUT2D eigenvalue weighted by atomic mass is 16.2. The largest absolute Gasteiger partial charge is 0.359 e. The van der Waals surface area contributed by atoms with Crippen molar-refractivity contribution in [1.82, 2.24) is 14.5 Å². The van der Waals surface area contributed by atoms with E-state index in [9.17, 15) is 9.59 Å². The second kappa shape index (κ2) is 3.28. The molecule has 0 aliphatic heterocycles. The highest BCUT2D eigenvalue weighted by Gasteiger charge is 2.18. The van der Waals surface area contributed by atoms with Gasteiger partial charge in [0, 0.05) is 12.6 Å². The van der Waals surface area contributed by atoms with E-state index in [1.54, 1.807) is 27.8 Å². The molecule has 0 saturated heterocycles. The maximum Gasteiger partial charge on any atom is 0.355 e. The van der Waals surface area contributed by atoms with Gasteiger partial charge in [-0.15, -0.1) is 0 Å². The Hall–Kier alpha value is -1.59. The second-order valence-electron chi connectivity index (χ2n) is 3.93. The number of hydrogen-bond acceptors (Lipinski definition) is 4. The molecule has 0 spiro atoms. The first-order valence-electron chi connectivity index (χ1n) is 4.28. The Bertz CT molecular complexity index is 407. The highest BCUT2D eigenvalue weighted by Crippen LogP contribution is 2.06. The molecule has 0 bridgehead atoms. The van der Waals surface area contributed by atoms with Gasteiger partial charge < -0.3 is 5.32 Å². The van der Waals surface area contributed by atoms with E-state index in [0.717, 1.165) is 4.57 Å². The van der Waals surface area contributed by atoms with E-state index < -0.39 is 16.9 Å². The monoisotopic (exact) mass is 198 g/mol. The van der Waals surface area contributed by atoms with E-state index in [0.29, 0.717) is 0 Å². The molecule has 1 aromatic rings. The number of aromatic nitrogens is 3. The molecule has 1 rings (SSSR count). The summed E-state index contributed by atoms with van der Waals surface area (Å²) < 4.78 is 1.08. The van der Waals surface area contributed by atoms with Crippen LogP contribution in [0.15, 0.2) is 9.59 Å². The molecule has 6 heteroatoms. The average molecular weight is 198 g/mol. The van der Waals surface area contributed by atoms with Gasteiger partial charge in [0.1, 0.15) is 0 Å². The molecule has 0 aromatic carbocycles.